The third-order valence-electron chi connectivity index (χ3n) is 2.65. The number of nitrogens with one attached hydrogen (secondary N) is 1. The van der Waals surface area contributed by atoms with Gasteiger partial charge in [-0.3, -0.25) is 15.1 Å². The third kappa shape index (κ3) is 3.53. The quantitative estimate of drug-likeness (QED) is 0.862. The molecule has 1 N–H and O–H groups in total. The number of aromatic nitrogens is 1. The predicted molar refractivity (Wildman–Crippen MR) is 68.6 cm³/mol. The van der Waals surface area contributed by atoms with Crippen molar-refractivity contribution in [1.29, 1.82) is 0 Å². The van der Waals surface area contributed by atoms with Crippen LogP contribution in [0.25, 0.3) is 0 Å². The fraction of sp³-hybridized carbons (Fsp3) is 0.538. The smallest absolute Gasteiger partial charge is 0.241 e. The minimum Gasteiger partial charge on any atom is -0.347 e. The summed E-state index contributed by atoms with van der Waals surface area (Å²) in [4.78, 5) is 17.8. The van der Waals surface area contributed by atoms with Crippen molar-refractivity contribution in [3.8, 4) is 0 Å². The second-order valence-corrected chi connectivity index (χ2v) is 4.95. The van der Waals surface area contributed by atoms with E-state index in [1.165, 1.54) is 0 Å². The molecule has 0 spiro atoms. The molecular formula is C13H21N3O. The molecule has 17 heavy (non-hydrogen) atoms. The molecule has 0 aliphatic carbocycles. The van der Waals surface area contributed by atoms with Gasteiger partial charge in [-0.25, -0.2) is 0 Å². The lowest BCUT2D eigenvalue weighted by atomic mass is 10.0. The second-order valence-electron chi connectivity index (χ2n) is 4.95. The van der Waals surface area contributed by atoms with E-state index < -0.39 is 5.54 Å². The number of hydrogen-bond donors (Lipinski definition) is 1. The summed E-state index contributed by atoms with van der Waals surface area (Å²) >= 11 is 0. The zero-order valence-electron chi connectivity index (χ0n) is 11.2. The highest BCUT2D eigenvalue weighted by Gasteiger charge is 2.30. The lowest BCUT2D eigenvalue weighted by molar-refractivity contribution is -0.134. The largest absolute Gasteiger partial charge is 0.347 e. The molecule has 1 rings (SSSR count). The van der Waals surface area contributed by atoms with Crippen LogP contribution in [0.3, 0.4) is 0 Å². The lowest BCUT2D eigenvalue weighted by Crippen LogP contribution is -2.52. The van der Waals surface area contributed by atoms with Crippen LogP contribution < -0.4 is 5.32 Å². The summed E-state index contributed by atoms with van der Waals surface area (Å²) in [6.45, 7) is 5.77. The first-order chi connectivity index (χ1) is 7.84. The van der Waals surface area contributed by atoms with Gasteiger partial charge in [0.2, 0.25) is 5.91 Å². The Bertz CT molecular complexity index is 374. The van der Waals surface area contributed by atoms with Crippen molar-refractivity contribution in [1.82, 2.24) is 15.2 Å². The molecule has 0 aliphatic rings. The topological polar surface area (TPSA) is 45.2 Å². The molecule has 1 amide bonds. The van der Waals surface area contributed by atoms with Gasteiger partial charge in [-0.1, -0.05) is 6.07 Å². The normalized spacial score (nSPS) is 13.2. The number of carbonyl (C=O) groups excluding carboxylic acids is 1. The Labute approximate surface area is 103 Å². The predicted octanol–water partition coefficient (Wildman–Crippen LogP) is 1.60. The Hall–Kier alpha value is -1.42. The van der Waals surface area contributed by atoms with Crippen molar-refractivity contribution in [2.24, 2.45) is 0 Å². The molecule has 1 aromatic rings. The summed E-state index contributed by atoms with van der Waals surface area (Å²) < 4.78 is 0. The maximum absolute atomic E-state index is 12.0. The third-order valence-corrected chi connectivity index (χ3v) is 2.65. The van der Waals surface area contributed by atoms with E-state index in [4.69, 9.17) is 0 Å². The molecule has 0 fully saturated rings. The zero-order valence-corrected chi connectivity index (χ0v) is 11.2. The summed E-state index contributed by atoms with van der Waals surface area (Å²) in [5.41, 5.74) is 0.340. The Morgan fingerprint density at radius 2 is 2.06 bits per heavy atom. The summed E-state index contributed by atoms with van der Waals surface area (Å²) in [5.74, 6) is 0.0558. The van der Waals surface area contributed by atoms with E-state index in [0.29, 0.717) is 0 Å². The standard InChI is InChI=1S/C13H21N3O/c1-10(11-8-6-7-9-14-11)15-13(2,3)12(17)16(4)5/h6-10,15H,1-5H3. The van der Waals surface area contributed by atoms with Crippen LogP contribution in [0.15, 0.2) is 24.4 Å². The van der Waals surface area contributed by atoms with Gasteiger partial charge in [0, 0.05) is 26.3 Å². The van der Waals surface area contributed by atoms with E-state index in [1.807, 2.05) is 39.0 Å². The van der Waals surface area contributed by atoms with E-state index in [0.717, 1.165) is 5.69 Å². The monoisotopic (exact) mass is 235 g/mol. The molecular weight excluding hydrogens is 214 g/mol. The van der Waals surface area contributed by atoms with E-state index in [1.54, 1.807) is 25.2 Å². The van der Waals surface area contributed by atoms with Crippen molar-refractivity contribution >= 4 is 5.91 Å². The number of rotatable bonds is 4. The molecule has 0 bridgehead atoms. The Morgan fingerprint density at radius 1 is 1.41 bits per heavy atom. The van der Waals surface area contributed by atoms with Gasteiger partial charge in [-0.05, 0) is 32.9 Å². The van der Waals surface area contributed by atoms with E-state index in [2.05, 4.69) is 10.3 Å². The van der Waals surface area contributed by atoms with E-state index in [9.17, 15) is 4.79 Å². The maximum atomic E-state index is 12.0. The van der Waals surface area contributed by atoms with Crippen molar-refractivity contribution in [3.05, 3.63) is 30.1 Å². The number of hydrogen-bond acceptors (Lipinski definition) is 3. The van der Waals surface area contributed by atoms with E-state index >= 15 is 0 Å². The number of amides is 1. The molecule has 0 aromatic carbocycles. The molecule has 4 nitrogen and oxygen atoms in total. The van der Waals surface area contributed by atoms with Crippen molar-refractivity contribution in [2.75, 3.05) is 14.1 Å². The molecule has 94 valence electrons. The highest BCUT2D eigenvalue weighted by atomic mass is 16.2. The molecule has 4 heteroatoms. The Morgan fingerprint density at radius 3 is 2.53 bits per heavy atom. The molecule has 1 aromatic heterocycles. The van der Waals surface area contributed by atoms with Crippen LogP contribution >= 0.6 is 0 Å². The van der Waals surface area contributed by atoms with E-state index in [-0.39, 0.29) is 11.9 Å². The SMILES string of the molecule is CC(NC(C)(C)C(=O)N(C)C)c1ccccn1. The summed E-state index contributed by atoms with van der Waals surface area (Å²) in [6, 6.07) is 5.82. The van der Waals surface area contributed by atoms with Crippen LogP contribution in [0.4, 0.5) is 0 Å². The molecule has 0 saturated carbocycles. The first kappa shape index (κ1) is 13.6. The van der Waals surface area contributed by atoms with Crippen LogP contribution in [0.5, 0.6) is 0 Å². The first-order valence-electron chi connectivity index (χ1n) is 5.75. The highest BCUT2D eigenvalue weighted by molar-refractivity contribution is 5.85. The number of carbonyl (C=O) groups is 1. The highest BCUT2D eigenvalue weighted by Crippen LogP contribution is 2.15. The molecule has 1 heterocycles. The van der Waals surface area contributed by atoms with Crippen LogP contribution in [0.2, 0.25) is 0 Å². The fourth-order valence-corrected chi connectivity index (χ4v) is 1.87. The minimum absolute atomic E-state index is 0.0371. The average molecular weight is 235 g/mol. The van der Waals surface area contributed by atoms with Gasteiger partial charge >= 0.3 is 0 Å². The van der Waals surface area contributed by atoms with Crippen molar-refractivity contribution in [2.45, 2.75) is 32.4 Å². The van der Waals surface area contributed by atoms with Gasteiger partial charge in [0.1, 0.15) is 0 Å². The van der Waals surface area contributed by atoms with Crippen molar-refractivity contribution in [3.63, 3.8) is 0 Å². The fourth-order valence-electron chi connectivity index (χ4n) is 1.87. The summed E-state index contributed by atoms with van der Waals surface area (Å²) in [6.07, 6.45) is 1.76. The maximum Gasteiger partial charge on any atom is 0.241 e. The van der Waals surface area contributed by atoms with Gasteiger partial charge in [-0.2, -0.15) is 0 Å². The Kier molecular flexibility index (Phi) is 4.23. The number of likely N-dealkylation sites (N-methyl/N-ethyl adjacent to an activating group) is 1. The van der Waals surface area contributed by atoms with Gasteiger partial charge in [-0.15, -0.1) is 0 Å². The molecule has 0 saturated heterocycles. The molecule has 0 radical (unpaired) electrons. The van der Waals surface area contributed by atoms with Crippen LogP contribution in [0, 0.1) is 0 Å². The van der Waals surface area contributed by atoms with Crippen LogP contribution in [0.1, 0.15) is 32.5 Å². The zero-order chi connectivity index (χ0) is 13.1. The Balaban J connectivity index is 2.74. The molecule has 1 unspecified atom stereocenters. The minimum atomic E-state index is -0.597. The number of pyridine rings is 1. The van der Waals surface area contributed by atoms with Crippen LogP contribution in [-0.2, 0) is 4.79 Å². The van der Waals surface area contributed by atoms with Crippen LogP contribution in [-0.4, -0.2) is 35.4 Å². The average Bonchev–Trinajstić information content (AvgIpc) is 2.28. The van der Waals surface area contributed by atoms with Gasteiger partial charge in [0.05, 0.1) is 11.2 Å². The second kappa shape index (κ2) is 5.27. The molecule has 1 atom stereocenters. The van der Waals surface area contributed by atoms with Crippen molar-refractivity contribution < 1.29 is 4.79 Å². The van der Waals surface area contributed by atoms with Gasteiger partial charge < -0.3 is 4.90 Å². The number of nitrogens with zero attached hydrogens (tertiary/aromatic N) is 2. The van der Waals surface area contributed by atoms with Gasteiger partial charge in [0.25, 0.3) is 0 Å². The summed E-state index contributed by atoms with van der Waals surface area (Å²) in [5, 5.41) is 3.30. The van der Waals surface area contributed by atoms with Gasteiger partial charge in [0.15, 0.2) is 0 Å². The summed E-state index contributed by atoms with van der Waals surface area (Å²) in [7, 11) is 3.52. The first-order valence-corrected chi connectivity index (χ1v) is 5.75. The molecule has 0 aliphatic heterocycles. The lowest BCUT2D eigenvalue weighted by Gasteiger charge is -2.31.